The molecule has 0 bridgehead atoms. The lowest BCUT2D eigenvalue weighted by Gasteiger charge is -2.16. The third kappa shape index (κ3) is 5.95. The first-order chi connectivity index (χ1) is 15.4. The van der Waals surface area contributed by atoms with Gasteiger partial charge in [0.1, 0.15) is 29.4 Å². The fourth-order valence-electron chi connectivity index (χ4n) is 3.27. The van der Waals surface area contributed by atoms with Gasteiger partial charge in [0, 0.05) is 11.5 Å². The lowest BCUT2D eigenvalue weighted by molar-refractivity contribution is -0.118. The molecule has 1 N–H and O–H groups in total. The predicted molar refractivity (Wildman–Crippen MR) is 124 cm³/mol. The van der Waals surface area contributed by atoms with Crippen molar-refractivity contribution in [3.8, 4) is 11.4 Å². The largest absolute Gasteiger partial charge is 0.494 e. The second-order valence-electron chi connectivity index (χ2n) is 7.38. The van der Waals surface area contributed by atoms with Crippen molar-refractivity contribution >= 4 is 23.6 Å². The number of alkyl halides is 1. The number of aromatic nitrogens is 3. The van der Waals surface area contributed by atoms with Gasteiger partial charge in [0.25, 0.3) is 0 Å². The van der Waals surface area contributed by atoms with Crippen molar-refractivity contribution in [3.63, 3.8) is 0 Å². The van der Waals surface area contributed by atoms with Gasteiger partial charge >= 0.3 is 0 Å². The third-order valence-electron chi connectivity index (χ3n) is 4.99. The van der Waals surface area contributed by atoms with Crippen LogP contribution in [-0.2, 0) is 4.79 Å². The Balaban J connectivity index is 1.84. The molecular weight excluding hydrogens is 431 g/mol. The number of methoxy groups -OCH3 is 1. The molecule has 168 valence electrons. The molecule has 1 atom stereocenters. The molecule has 0 aliphatic carbocycles. The highest BCUT2D eigenvalue weighted by atomic mass is 35.5. The van der Waals surface area contributed by atoms with Gasteiger partial charge in [-0.1, -0.05) is 18.2 Å². The summed E-state index contributed by atoms with van der Waals surface area (Å²) in [4.78, 5) is 17.2. The molecule has 8 heteroatoms. The number of nitrogens with zero attached hydrogens (tertiary/aromatic N) is 3. The molecule has 0 spiro atoms. The van der Waals surface area contributed by atoms with E-state index in [-0.39, 0.29) is 17.8 Å². The number of carbonyl (C=O) groups excluding carboxylic acids is 1. The van der Waals surface area contributed by atoms with Crippen LogP contribution in [0, 0.1) is 12.7 Å². The summed E-state index contributed by atoms with van der Waals surface area (Å²) in [6.45, 7) is 3.68. The number of hydrogen-bond acceptors (Lipinski definition) is 4. The minimum atomic E-state index is -0.312. The normalized spacial score (nSPS) is 12.5. The summed E-state index contributed by atoms with van der Waals surface area (Å²) in [6, 6.07) is 11.4. The van der Waals surface area contributed by atoms with E-state index in [0.717, 1.165) is 16.8 Å². The highest BCUT2D eigenvalue weighted by Gasteiger charge is 2.15. The Bertz CT molecular complexity index is 1100. The summed E-state index contributed by atoms with van der Waals surface area (Å²) in [6.07, 6.45) is 4.65. The van der Waals surface area contributed by atoms with Crippen LogP contribution in [0.4, 0.5) is 4.39 Å². The number of aryl methyl sites for hydroxylation is 1. The van der Waals surface area contributed by atoms with E-state index < -0.39 is 0 Å². The monoisotopic (exact) mass is 456 g/mol. The molecule has 1 heterocycles. The molecule has 0 fully saturated rings. The molecule has 0 unspecified atom stereocenters. The van der Waals surface area contributed by atoms with Crippen molar-refractivity contribution in [1.82, 2.24) is 20.1 Å². The predicted octanol–water partition coefficient (Wildman–Crippen LogP) is 5.00. The van der Waals surface area contributed by atoms with Gasteiger partial charge in [-0.3, -0.25) is 4.79 Å². The van der Waals surface area contributed by atoms with E-state index in [9.17, 15) is 9.18 Å². The number of ether oxygens (including phenoxy) is 1. The second-order valence-corrected chi connectivity index (χ2v) is 7.75. The van der Waals surface area contributed by atoms with Crippen LogP contribution in [0.2, 0.25) is 0 Å². The molecule has 3 rings (SSSR count). The van der Waals surface area contributed by atoms with Crippen LogP contribution in [-0.4, -0.2) is 33.7 Å². The van der Waals surface area contributed by atoms with E-state index in [4.69, 9.17) is 16.3 Å². The number of carbonyl (C=O) groups is 1. The Kier molecular flexibility index (Phi) is 8.00. The smallest absolute Gasteiger partial charge is 0.247 e. The minimum Gasteiger partial charge on any atom is -0.494 e. The van der Waals surface area contributed by atoms with Gasteiger partial charge in [0.15, 0.2) is 0 Å². The molecule has 2 aromatic carbocycles. The fraction of sp³-hybridized carbons (Fsp3) is 0.292. The molecule has 1 amide bonds. The van der Waals surface area contributed by atoms with Crippen LogP contribution >= 0.6 is 11.6 Å². The quantitative estimate of drug-likeness (QED) is 0.363. The van der Waals surface area contributed by atoms with E-state index in [1.807, 2.05) is 38.1 Å². The minimum absolute atomic E-state index is 0.193. The Hall–Kier alpha value is -3.19. The average Bonchev–Trinajstić information content (AvgIpc) is 3.22. The molecule has 32 heavy (non-hydrogen) atoms. The van der Waals surface area contributed by atoms with Gasteiger partial charge < -0.3 is 10.1 Å². The molecular formula is C24H26ClFN4O2. The SMILES string of the molecule is COc1cc(/C=C(\CCCCl)C(=O)N[C@@H](C)c2ccc(F)cc2)ccc1-n1cnc(C)n1. The van der Waals surface area contributed by atoms with Gasteiger partial charge in [-0.2, -0.15) is 5.10 Å². The number of nitrogens with one attached hydrogen (secondary N) is 1. The molecule has 0 aliphatic heterocycles. The number of amides is 1. The maximum Gasteiger partial charge on any atom is 0.247 e. The zero-order chi connectivity index (χ0) is 23.1. The number of hydrogen-bond donors (Lipinski definition) is 1. The number of halogens is 2. The first-order valence-corrected chi connectivity index (χ1v) is 10.8. The zero-order valence-corrected chi connectivity index (χ0v) is 19.1. The van der Waals surface area contributed by atoms with Crippen molar-refractivity contribution in [3.05, 3.63) is 77.1 Å². The lowest BCUT2D eigenvalue weighted by atomic mass is 10.0. The zero-order valence-electron chi connectivity index (χ0n) is 18.3. The van der Waals surface area contributed by atoms with Crippen molar-refractivity contribution in [2.24, 2.45) is 0 Å². The van der Waals surface area contributed by atoms with Gasteiger partial charge in [0.05, 0.1) is 13.2 Å². The topological polar surface area (TPSA) is 69.0 Å². The molecule has 6 nitrogen and oxygen atoms in total. The molecule has 0 radical (unpaired) electrons. The van der Waals surface area contributed by atoms with Gasteiger partial charge in [-0.15, -0.1) is 11.6 Å². The van der Waals surface area contributed by atoms with Crippen molar-refractivity contribution < 1.29 is 13.9 Å². The number of rotatable bonds is 9. The molecule has 3 aromatic rings. The van der Waals surface area contributed by atoms with Crippen LogP contribution < -0.4 is 10.1 Å². The third-order valence-corrected chi connectivity index (χ3v) is 5.25. The van der Waals surface area contributed by atoms with E-state index in [1.165, 1.54) is 12.1 Å². The van der Waals surface area contributed by atoms with Crippen LogP contribution in [0.3, 0.4) is 0 Å². The van der Waals surface area contributed by atoms with Gasteiger partial charge in [0.2, 0.25) is 5.91 Å². The van der Waals surface area contributed by atoms with Crippen LogP contribution in [0.5, 0.6) is 5.75 Å². The first-order valence-electron chi connectivity index (χ1n) is 10.3. The fourth-order valence-corrected chi connectivity index (χ4v) is 3.40. The van der Waals surface area contributed by atoms with E-state index in [2.05, 4.69) is 15.4 Å². The van der Waals surface area contributed by atoms with Crippen LogP contribution in [0.1, 0.15) is 42.8 Å². The van der Waals surface area contributed by atoms with Crippen molar-refractivity contribution in [2.45, 2.75) is 32.7 Å². The lowest BCUT2D eigenvalue weighted by Crippen LogP contribution is -2.28. The highest BCUT2D eigenvalue weighted by molar-refractivity contribution is 6.17. The highest BCUT2D eigenvalue weighted by Crippen LogP contribution is 2.26. The summed E-state index contributed by atoms with van der Waals surface area (Å²) >= 11 is 5.88. The Labute approximate surface area is 192 Å². The second kappa shape index (κ2) is 10.9. The Morgan fingerprint density at radius 3 is 2.66 bits per heavy atom. The summed E-state index contributed by atoms with van der Waals surface area (Å²) < 4.78 is 20.4. The van der Waals surface area contributed by atoms with E-state index >= 15 is 0 Å². The summed E-state index contributed by atoms with van der Waals surface area (Å²) in [7, 11) is 1.58. The summed E-state index contributed by atoms with van der Waals surface area (Å²) in [5.74, 6) is 1.22. The number of benzene rings is 2. The maximum absolute atomic E-state index is 13.2. The van der Waals surface area contributed by atoms with Crippen LogP contribution in [0.15, 0.2) is 54.4 Å². The molecule has 0 saturated heterocycles. The van der Waals surface area contributed by atoms with Crippen molar-refractivity contribution in [2.75, 3.05) is 13.0 Å². The van der Waals surface area contributed by atoms with Gasteiger partial charge in [-0.05, 0) is 68.2 Å². The Morgan fingerprint density at radius 2 is 2.03 bits per heavy atom. The molecule has 0 aliphatic rings. The Morgan fingerprint density at radius 1 is 1.28 bits per heavy atom. The summed E-state index contributed by atoms with van der Waals surface area (Å²) in [5.41, 5.74) is 3.00. The first kappa shape index (κ1) is 23.5. The van der Waals surface area contributed by atoms with Gasteiger partial charge in [-0.25, -0.2) is 14.1 Å². The molecule has 1 aromatic heterocycles. The average molecular weight is 457 g/mol. The van der Waals surface area contributed by atoms with E-state index in [0.29, 0.717) is 35.9 Å². The maximum atomic E-state index is 13.2. The van der Waals surface area contributed by atoms with Crippen LogP contribution in [0.25, 0.3) is 11.8 Å². The standard InChI is InChI=1S/C24H26ClFN4O2/c1-16(19-7-9-21(26)10-8-19)28-24(31)20(5-4-12-25)13-18-6-11-22(23(14-18)32-3)30-15-27-17(2)29-30/h6-11,13-16H,4-5,12H2,1-3H3,(H,28,31)/b20-13+/t16-/m0/s1. The summed E-state index contributed by atoms with van der Waals surface area (Å²) in [5, 5.41) is 7.31. The van der Waals surface area contributed by atoms with E-state index in [1.54, 1.807) is 30.3 Å². The molecule has 0 saturated carbocycles. The van der Waals surface area contributed by atoms with Crippen molar-refractivity contribution in [1.29, 1.82) is 0 Å².